The molecule has 3 atom stereocenters. The molecule has 1 N–H and O–H groups in total. The second-order valence-electron chi connectivity index (χ2n) is 5.91. The molecule has 0 aromatic carbocycles. The first kappa shape index (κ1) is 12.2. The van der Waals surface area contributed by atoms with Crippen LogP contribution in [0.4, 0.5) is 0 Å². The average molecular weight is 249 g/mol. The minimum absolute atomic E-state index is 0.204. The second-order valence-corrected chi connectivity index (χ2v) is 5.91. The lowest BCUT2D eigenvalue weighted by molar-refractivity contribution is 0.253. The first-order valence-electron chi connectivity index (χ1n) is 7.07. The number of nitrogens with zero attached hydrogens (tertiary/aromatic N) is 2. The first-order chi connectivity index (χ1) is 8.63. The molecule has 18 heavy (non-hydrogen) atoms. The van der Waals surface area contributed by atoms with E-state index in [2.05, 4.69) is 29.0 Å². The van der Waals surface area contributed by atoms with Crippen molar-refractivity contribution in [2.75, 3.05) is 6.54 Å². The van der Waals surface area contributed by atoms with E-state index < -0.39 is 0 Å². The molecular formula is C14H23N3O. The molecule has 1 aliphatic heterocycles. The molecule has 0 spiro atoms. The van der Waals surface area contributed by atoms with Crippen LogP contribution in [0.1, 0.15) is 50.8 Å². The maximum Gasteiger partial charge on any atom is 0.211 e. The van der Waals surface area contributed by atoms with Crippen LogP contribution in [-0.4, -0.2) is 34.6 Å². The van der Waals surface area contributed by atoms with Gasteiger partial charge in [-0.3, -0.25) is 4.90 Å². The standard InChI is InChI=1S/C14H23N3O/c1-9-6-12(8-17(9)13-4-5-13)16-11(3)14-15-7-10(2)18-14/h7,9,11-13,16H,4-6,8H2,1-3H3. The van der Waals surface area contributed by atoms with Gasteiger partial charge in [-0.05, 0) is 40.0 Å². The summed E-state index contributed by atoms with van der Waals surface area (Å²) in [5.74, 6) is 1.70. The molecule has 1 aromatic rings. The summed E-state index contributed by atoms with van der Waals surface area (Å²) in [6.07, 6.45) is 5.82. The fraction of sp³-hybridized carbons (Fsp3) is 0.786. The summed E-state index contributed by atoms with van der Waals surface area (Å²) in [5, 5.41) is 3.65. The molecule has 0 amide bonds. The van der Waals surface area contributed by atoms with Crippen LogP contribution in [0.15, 0.2) is 10.6 Å². The summed E-state index contributed by atoms with van der Waals surface area (Å²) in [6.45, 7) is 7.60. The lowest BCUT2D eigenvalue weighted by Gasteiger charge is -2.20. The molecule has 1 saturated carbocycles. The molecular weight excluding hydrogens is 226 g/mol. The molecule has 2 fully saturated rings. The smallest absolute Gasteiger partial charge is 0.211 e. The first-order valence-corrected chi connectivity index (χ1v) is 7.07. The van der Waals surface area contributed by atoms with E-state index in [0.29, 0.717) is 12.1 Å². The van der Waals surface area contributed by atoms with Gasteiger partial charge < -0.3 is 9.73 Å². The third kappa shape index (κ3) is 2.45. The fourth-order valence-electron chi connectivity index (χ4n) is 3.09. The Morgan fingerprint density at radius 3 is 2.89 bits per heavy atom. The summed E-state index contributed by atoms with van der Waals surface area (Å²) < 4.78 is 5.58. The number of oxazole rings is 1. The molecule has 0 bridgehead atoms. The lowest BCUT2D eigenvalue weighted by Crippen LogP contribution is -2.35. The summed E-state index contributed by atoms with van der Waals surface area (Å²) >= 11 is 0. The highest BCUT2D eigenvalue weighted by Gasteiger charge is 2.39. The van der Waals surface area contributed by atoms with E-state index in [9.17, 15) is 0 Å². The number of hydrogen-bond donors (Lipinski definition) is 1. The predicted molar refractivity (Wildman–Crippen MR) is 70.4 cm³/mol. The zero-order valence-corrected chi connectivity index (χ0v) is 11.5. The van der Waals surface area contributed by atoms with Crippen molar-refractivity contribution in [3.05, 3.63) is 17.8 Å². The topological polar surface area (TPSA) is 41.3 Å². The Morgan fingerprint density at radius 2 is 2.28 bits per heavy atom. The number of aromatic nitrogens is 1. The molecule has 3 rings (SSSR count). The minimum atomic E-state index is 0.204. The van der Waals surface area contributed by atoms with Crippen molar-refractivity contribution in [1.82, 2.24) is 15.2 Å². The number of likely N-dealkylation sites (tertiary alicyclic amines) is 1. The van der Waals surface area contributed by atoms with E-state index in [0.717, 1.165) is 17.7 Å². The molecule has 3 unspecified atom stereocenters. The fourth-order valence-corrected chi connectivity index (χ4v) is 3.09. The Bertz CT molecular complexity index is 413. The summed E-state index contributed by atoms with van der Waals surface area (Å²) in [6, 6.07) is 2.36. The van der Waals surface area contributed by atoms with Crippen molar-refractivity contribution in [2.45, 2.75) is 64.2 Å². The van der Waals surface area contributed by atoms with Crippen LogP contribution in [0.25, 0.3) is 0 Å². The largest absolute Gasteiger partial charge is 0.444 e. The molecule has 1 saturated heterocycles. The van der Waals surface area contributed by atoms with E-state index in [1.54, 1.807) is 6.20 Å². The SMILES string of the molecule is Cc1cnc(C(C)NC2CC(C)N(C3CC3)C2)o1. The van der Waals surface area contributed by atoms with Crippen molar-refractivity contribution < 1.29 is 4.42 Å². The highest BCUT2D eigenvalue weighted by atomic mass is 16.4. The van der Waals surface area contributed by atoms with Crippen molar-refractivity contribution in [2.24, 2.45) is 0 Å². The number of aryl methyl sites for hydroxylation is 1. The van der Waals surface area contributed by atoms with Gasteiger partial charge in [0.2, 0.25) is 5.89 Å². The van der Waals surface area contributed by atoms with Gasteiger partial charge in [0.25, 0.3) is 0 Å². The maximum absolute atomic E-state index is 5.58. The van der Waals surface area contributed by atoms with Gasteiger partial charge in [-0.1, -0.05) is 0 Å². The normalized spacial score (nSPS) is 30.8. The van der Waals surface area contributed by atoms with Gasteiger partial charge in [0.05, 0.1) is 12.2 Å². The van der Waals surface area contributed by atoms with Crippen LogP contribution in [-0.2, 0) is 0 Å². The van der Waals surface area contributed by atoms with Crippen LogP contribution < -0.4 is 5.32 Å². The Hall–Kier alpha value is -0.870. The van der Waals surface area contributed by atoms with E-state index in [-0.39, 0.29) is 6.04 Å². The third-order valence-corrected chi connectivity index (χ3v) is 4.13. The maximum atomic E-state index is 5.58. The zero-order chi connectivity index (χ0) is 12.7. The van der Waals surface area contributed by atoms with Crippen LogP contribution in [0.5, 0.6) is 0 Å². The zero-order valence-electron chi connectivity index (χ0n) is 11.5. The van der Waals surface area contributed by atoms with Gasteiger partial charge in [0.1, 0.15) is 5.76 Å². The van der Waals surface area contributed by atoms with Gasteiger partial charge >= 0.3 is 0 Å². The Kier molecular flexibility index (Phi) is 3.16. The van der Waals surface area contributed by atoms with E-state index >= 15 is 0 Å². The molecule has 4 heteroatoms. The van der Waals surface area contributed by atoms with E-state index in [1.165, 1.54) is 25.8 Å². The van der Waals surface area contributed by atoms with Crippen LogP contribution in [0.3, 0.4) is 0 Å². The minimum Gasteiger partial charge on any atom is -0.444 e. The second kappa shape index (κ2) is 4.67. The van der Waals surface area contributed by atoms with Gasteiger partial charge in [-0.15, -0.1) is 0 Å². The van der Waals surface area contributed by atoms with Crippen molar-refractivity contribution in [1.29, 1.82) is 0 Å². The van der Waals surface area contributed by atoms with Crippen molar-refractivity contribution in [3.8, 4) is 0 Å². The Balaban J connectivity index is 1.57. The predicted octanol–water partition coefficient (Wildman–Crippen LogP) is 2.26. The number of rotatable bonds is 4. The lowest BCUT2D eigenvalue weighted by atomic mass is 10.1. The molecule has 100 valence electrons. The molecule has 1 aromatic heterocycles. The molecule has 4 nitrogen and oxygen atoms in total. The number of hydrogen-bond acceptors (Lipinski definition) is 4. The summed E-state index contributed by atoms with van der Waals surface area (Å²) in [4.78, 5) is 6.96. The monoisotopic (exact) mass is 249 g/mol. The Morgan fingerprint density at radius 1 is 1.50 bits per heavy atom. The quantitative estimate of drug-likeness (QED) is 0.888. The van der Waals surface area contributed by atoms with E-state index in [4.69, 9.17) is 4.42 Å². The molecule has 0 radical (unpaired) electrons. The van der Waals surface area contributed by atoms with E-state index in [1.807, 2.05) is 6.92 Å². The van der Waals surface area contributed by atoms with Gasteiger partial charge in [0, 0.05) is 24.7 Å². The van der Waals surface area contributed by atoms with Crippen molar-refractivity contribution >= 4 is 0 Å². The number of nitrogens with one attached hydrogen (secondary N) is 1. The van der Waals surface area contributed by atoms with Crippen LogP contribution >= 0.6 is 0 Å². The summed E-state index contributed by atoms with van der Waals surface area (Å²) in [7, 11) is 0. The van der Waals surface area contributed by atoms with Crippen LogP contribution in [0, 0.1) is 6.92 Å². The van der Waals surface area contributed by atoms with Crippen molar-refractivity contribution in [3.63, 3.8) is 0 Å². The molecule has 2 heterocycles. The highest BCUT2D eigenvalue weighted by Crippen LogP contribution is 2.33. The molecule has 2 aliphatic rings. The third-order valence-electron chi connectivity index (χ3n) is 4.13. The van der Waals surface area contributed by atoms with Crippen LogP contribution in [0.2, 0.25) is 0 Å². The van der Waals surface area contributed by atoms with Gasteiger partial charge in [-0.2, -0.15) is 0 Å². The highest BCUT2D eigenvalue weighted by molar-refractivity contribution is 4.99. The van der Waals surface area contributed by atoms with Gasteiger partial charge in [0.15, 0.2) is 0 Å². The van der Waals surface area contributed by atoms with Gasteiger partial charge in [-0.25, -0.2) is 4.98 Å². The Labute approximate surface area is 109 Å². The summed E-state index contributed by atoms with van der Waals surface area (Å²) in [5.41, 5.74) is 0. The molecule has 1 aliphatic carbocycles. The average Bonchev–Trinajstić information content (AvgIpc) is 2.97.